The third-order valence-corrected chi connectivity index (χ3v) is 2.01. The highest BCUT2D eigenvalue weighted by Gasteiger charge is 2.05. The first-order chi connectivity index (χ1) is 5.77. The maximum absolute atomic E-state index is 11.0. The zero-order valence-corrected chi connectivity index (χ0v) is 7.92. The second kappa shape index (κ2) is 4.30. The summed E-state index contributed by atoms with van der Waals surface area (Å²) in [5, 5.41) is 4.06. The maximum atomic E-state index is 11.0. The fourth-order valence-electron chi connectivity index (χ4n) is 1.05. The first kappa shape index (κ1) is 9.32. The molecule has 0 atom stereocenters. The van der Waals surface area contributed by atoms with E-state index in [0.717, 1.165) is 12.2 Å². The predicted molar refractivity (Wildman–Crippen MR) is 50.5 cm³/mol. The highest BCUT2D eigenvalue weighted by atomic mass is 32.1. The topological polar surface area (TPSA) is 34.9 Å². The number of rotatable bonds is 4. The molecule has 0 aliphatic carbocycles. The molecule has 0 unspecified atom stereocenters. The lowest BCUT2D eigenvalue weighted by Gasteiger charge is -2.01. The molecule has 0 amide bonds. The van der Waals surface area contributed by atoms with Gasteiger partial charge < -0.3 is 0 Å². The number of nitrogens with zero attached hydrogens (tertiary/aromatic N) is 2. The molecule has 66 valence electrons. The molecule has 1 aromatic heterocycles. The Kier molecular flexibility index (Phi) is 3.34. The fraction of sp³-hybridized carbons (Fsp3) is 0.500. The largest absolute Gasteiger partial charge is 0.298 e. The molecule has 0 aliphatic rings. The second-order valence-corrected chi connectivity index (χ2v) is 2.83. The van der Waals surface area contributed by atoms with Crippen molar-refractivity contribution in [2.24, 2.45) is 0 Å². The maximum Gasteiger partial charge on any atom is 0.148 e. The number of Topliss-reactive ketones (excluding diaryl/α,β-unsaturated/α-hetero) is 1. The quantitative estimate of drug-likeness (QED) is 0.707. The zero-order valence-electron chi connectivity index (χ0n) is 7.03. The minimum absolute atomic E-state index is 0.133. The molecule has 1 aromatic rings. The van der Waals surface area contributed by atoms with Crippen LogP contribution in [0.3, 0.4) is 0 Å². The molecule has 0 N–H and O–H groups in total. The van der Waals surface area contributed by atoms with E-state index in [1.54, 1.807) is 6.20 Å². The minimum atomic E-state index is 0.133. The smallest absolute Gasteiger partial charge is 0.148 e. The van der Waals surface area contributed by atoms with Crippen LogP contribution in [0, 0.1) is 0 Å². The number of hydrogen-bond donors (Lipinski definition) is 1. The van der Waals surface area contributed by atoms with Crippen LogP contribution in [0.25, 0.3) is 0 Å². The summed E-state index contributed by atoms with van der Waals surface area (Å²) in [6.07, 6.45) is 2.15. The van der Waals surface area contributed by atoms with Gasteiger partial charge in [0.15, 0.2) is 0 Å². The Balaban J connectivity index is 2.68. The molecule has 0 radical (unpaired) electrons. The Labute approximate surface area is 77.2 Å². The Bertz CT molecular complexity index is 270. The van der Waals surface area contributed by atoms with Gasteiger partial charge in [0, 0.05) is 30.6 Å². The molecule has 1 heterocycles. The number of carbonyl (C=O) groups excluding carboxylic acids is 1. The van der Waals surface area contributed by atoms with Gasteiger partial charge in [0.05, 0.1) is 0 Å². The van der Waals surface area contributed by atoms with E-state index in [2.05, 4.69) is 17.7 Å². The predicted octanol–water partition coefficient (Wildman–Crippen LogP) is 0.944. The van der Waals surface area contributed by atoms with E-state index in [4.69, 9.17) is 0 Å². The molecule has 0 bridgehead atoms. The van der Waals surface area contributed by atoms with Gasteiger partial charge in [-0.3, -0.25) is 9.48 Å². The van der Waals surface area contributed by atoms with Crippen molar-refractivity contribution in [2.45, 2.75) is 19.9 Å². The summed E-state index contributed by atoms with van der Waals surface area (Å²) in [6.45, 7) is 2.81. The summed E-state index contributed by atoms with van der Waals surface area (Å²) in [5.74, 6) is 0.433. The third-order valence-electron chi connectivity index (χ3n) is 1.66. The van der Waals surface area contributed by atoms with Crippen molar-refractivity contribution in [2.75, 3.05) is 5.75 Å². The molecule has 12 heavy (non-hydrogen) atoms. The standard InChI is InChI=1S/C8H12N2OS/c1-2-10-7(3-4-9-10)5-8(11)6-12/h3-4,12H,2,5-6H2,1H3. The lowest BCUT2D eigenvalue weighted by molar-refractivity contribution is -0.116. The van der Waals surface area contributed by atoms with Crippen LogP contribution in [0.2, 0.25) is 0 Å². The van der Waals surface area contributed by atoms with E-state index in [9.17, 15) is 4.79 Å². The molecular formula is C8H12N2OS. The van der Waals surface area contributed by atoms with E-state index >= 15 is 0 Å². The highest BCUT2D eigenvalue weighted by Crippen LogP contribution is 2.00. The second-order valence-electron chi connectivity index (χ2n) is 2.51. The Hall–Kier alpha value is -0.770. The molecule has 0 saturated heterocycles. The monoisotopic (exact) mass is 184 g/mol. The van der Waals surface area contributed by atoms with Crippen molar-refractivity contribution in [3.63, 3.8) is 0 Å². The van der Waals surface area contributed by atoms with E-state index in [0.29, 0.717) is 12.2 Å². The number of aryl methyl sites for hydroxylation is 1. The van der Waals surface area contributed by atoms with Gasteiger partial charge in [0.25, 0.3) is 0 Å². The van der Waals surface area contributed by atoms with Gasteiger partial charge in [0.2, 0.25) is 0 Å². The summed E-state index contributed by atoms with van der Waals surface area (Å²) in [4.78, 5) is 11.0. The van der Waals surface area contributed by atoms with Crippen LogP contribution in [-0.2, 0) is 17.8 Å². The molecule has 4 heteroatoms. The van der Waals surface area contributed by atoms with Gasteiger partial charge in [-0.15, -0.1) is 0 Å². The van der Waals surface area contributed by atoms with E-state index in [1.807, 2.05) is 17.7 Å². The molecule has 3 nitrogen and oxygen atoms in total. The molecule has 0 aliphatic heterocycles. The first-order valence-electron chi connectivity index (χ1n) is 3.91. The van der Waals surface area contributed by atoms with Crippen molar-refractivity contribution in [1.29, 1.82) is 0 Å². The molecule has 1 rings (SSSR count). The summed E-state index contributed by atoms with van der Waals surface area (Å²) in [5.41, 5.74) is 0.969. The van der Waals surface area contributed by atoms with Crippen molar-refractivity contribution >= 4 is 18.4 Å². The van der Waals surface area contributed by atoms with Gasteiger partial charge >= 0.3 is 0 Å². The molecular weight excluding hydrogens is 172 g/mol. The van der Waals surface area contributed by atoms with Gasteiger partial charge in [-0.1, -0.05) is 0 Å². The van der Waals surface area contributed by atoms with Crippen LogP contribution in [0.1, 0.15) is 12.6 Å². The normalized spacial score (nSPS) is 10.2. The zero-order chi connectivity index (χ0) is 8.97. The summed E-state index contributed by atoms with van der Waals surface area (Å²) in [6, 6.07) is 1.87. The number of carbonyl (C=O) groups is 1. The average molecular weight is 184 g/mol. The number of ketones is 1. The van der Waals surface area contributed by atoms with Crippen LogP contribution in [0.15, 0.2) is 12.3 Å². The third kappa shape index (κ3) is 2.11. The van der Waals surface area contributed by atoms with Gasteiger partial charge in [-0.05, 0) is 13.0 Å². The SMILES string of the molecule is CCn1nccc1CC(=O)CS. The summed E-state index contributed by atoms with van der Waals surface area (Å²) < 4.78 is 1.82. The summed E-state index contributed by atoms with van der Waals surface area (Å²) >= 11 is 3.91. The van der Waals surface area contributed by atoms with Crippen molar-refractivity contribution in [3.05, 3.63) is 18.0 Å². The van der Waals surface area contributed by atoms with Gasteiger partial charge in [0.1, 0.15) is 5.78 Å². The summed E-state index contributed by atoms with van der Waals surface area (Å²) in [7, 11) is 0. The van der Waals surface area contributed by atoms with E-state index < -0.39 is 0 Å². The van der Waals surface area contributed by atoms with Crippen molar-refractivity contribution in [3.8, 4) is 0 Å². The van der Waals surface area contributed by atoms with Crippen LogP contribution in [0.4, 0.5) is 0 Å². The Morgan fingerprint density at radius 2 is 2.50 bits per heavy atom. The van der Waals surface area contributed by atoms with E-state index in [1.165, 1.54) is 0 Å². The number of aromatic nitrogens is 2. The first-order valence-corrected chi connectivity index (χ1v) is 4.54. The molecule has 0 fully saturated rings. The van der Waals surface area contributed by atoms with Crippen molar-refractivity contribution in [1.82, 2.24) is 9.78 Å². The lowest BCUT2D eigenvalue weighted by Crippen LogP contribution is -2.09. The number of hydrogen-bond acceptors (Lipinski definition) is 3. The van der Waals surface area contributed by atoms with Crippen LogP contribution in [-0.4, -0.2) is 21.3 Å². The molecule has 0 spiro atoms. The average Bonchev–Trinajstić information content (AvgIpc) is 2.51. The number of thiol groups is 1. The van der Waals surface area contributed by atoms with Gasteiger partial charge in [-0.25, -0.2) is 0 Å². The molecule has 0 aromatic carbocycles. The van der Waals surface area contributed by atoms with E-state index in [-0.39, 0.29) is 5.78 Å². The lowest BCUT2D eigenvalue weighted by atomic mass is 10.2. The highest BCUT2D eigenvalue weighted by molar-refractivity contribution is 7.81. The van der Waals surface area contributed by atoms with Gasteiger partial charge in [-0.2, -0.15) is 17.7 Å². The van der Waals surface area contributed by atoms with Crippen molar-refractivity contribution < 1.29 is 4.79 Å². The van der Waals surface area contributed by atoms with Crippen LogP contribution in [0.5, 0.6) is 0 Å². The Morgan fingerprint density at radius 1 is 1.75 bits per heavy atom. The molecule has 0 saturated carbocycles. The Morgan fingerprint density at radius 3 is 3.08 bits per heavy atom. The van der Waals surface area contributed by atoms with Crippen LogP contribution >= 0.6 is 12.6 Å². The fourth-order valence-corrected chi connectivity index (χ4v) is 1.16. The minimum Gasteiger partial charge on any atom is -0.298 e. The van der Waals surface area contributed by atoms with Crippen LogP contribution < -0.4 is 0 Å².